The standard InChI is InChI=1S/C10H10N2O/c1-8-9(5-7-13)10-4-2-3-6-12(10)11-8/h2-4,6-7H,5H2,1H3. The molecule has 0 aliphatic heterocycles. The largest absolute Gasteiger partial charge is 0.303 e. The second-order valence-corrected chi connectivity index (χ2v) is 2.97. The summed E-state index contributed by atoms with van der Waals surface area (Å²) in [6.07, 6.45) is 3.24. The molecular formula is C10H10N2O. The Balaban J connectivity index is 2.70. The van der Waals surface area contributed by atoms with Gasteiger partial charge in [-0.25, -0.2) is 4.52 Å². The normalized spacial score (nSPS) is 10.5. The van der Waals surface area contributed by atoms with Gasteiger partial charge in [0, 0.05) is 18.2 Å². The molecule has 0 bridgehead atoms. The summed E-state index contributed by atoms with van der Waals surface area (Å²) in [6.45, 7) is 1.92. The summed E-state index contributed by atoms with van der Waals surface area (Å²) in [6, 6.07) is 5.84. The lowest BCUT2D eigenvalue weighted by Crippen LogP contribution is -1.87. The van der Waals surface area contributed by atoms with Crippen LogP contribution in [0.1, 0.15) is 11.3 Å². The summed E-state index contributed by atoms with van der Waals surface area (Å²) < 4.78 is 1.80. The molecule has 0 aromatic carbocycles. The molecule has 0 unspecified atom stereocenters. The van der Waals surface area contributed by atoms with Gasteiger partial charge in [-0.05, 0) is 19.1 Å². The number of aromatic nitrogens is 2. The molecule has 3 nitrogen and oxygen atoms in total. The third kappa shape index (κ3) is 1.22. The maximum Gasteiger partial charge on any atom is 0.124 e. The molecule has 0 aliphatic carbocycles. The minimum Gasteiger partial charge on any atom is -0.303 e. The van der Waals surface area contributed by atoms with Gasteiger partial charge >= 0.3 is 0 Å². The van der Waals surface area contributed by atoms with Crippen LogP contribution >= 0.6 is 0 Å². The Labute approximate surface area is 76.0 Å². The first-order chi connectivity index (χ1) is 6.33. The molecule has 0 radical (unpaired) electrons. The van der Waals surface area contributed by atoms with Crippen molar-refractivity contribution >= 4 is 11.8 Å². The van der Waals surface area contributed by atoms with E-state index >= 15 is 0 Å². The van der Waals surface area contributed by atoms with Crippen molar-refractivity contribution < 1.29 is 4.79 Å². The van der Waals surface area contributed by atoms with Gasteiger partial charge in [0.2, 0.25) is 0 Å². The summed E-state index contributed by atoms with van der Waals surface area (Å²) >= 11 is 0. The van der Waals surface area contributed by atoms with E-state index in [0.29, 0.717) is 6.42 Å². The summed E-state index contributed by atoms with van der Waals surface area (Å²) in [4.78, 5) is 10.4. The number of pyridine rings is 1. The zero-order valence-electron chi connectivity index (χ0n) is 7.40. The molecule has 66 valence electrons. The molecule has 0 spiro atoms. The first-order valence-corrected chi connectivity index (χ1v) is 4.19. The molecule has 13 heavy (non-hydrogen) atoms. The fourth-order valence-electron chi connectivity index (χ4n) is 1.50. The van der Waals surface area contributed by atoms with Gasteiger partial charge in [0.15, 0.2) is 0 Å². The molecule has 3 heteroatoms. The van der Waals surface area contributed by atoms with Crippen molar-refractivity contribution in [3.8, 4) is 0 Å². The number of aldehydes is 1. The highest BCUT2D eigenvalue weighted by atomic mass is 16.1. The number of nitrogens with zero attached hydrogens (tertiary/aromatic N) is 2. The van der Waals surface area contributed by atoms with Gasteiger partial charge in [0.05, 0.1) is 11.2 Å². The van der Waals surface area contributed by atoms with Crippen molar-refractivity contribution in [2.45, 2.75) is 13.3 Å². The molecule has 0 aliphatic rings. The van der Waals surface area contributed by atoms with Crippen LogP contribution in [0.5, 0.6) is 0 Å². The van der Waals surface area contributed by atoms with E-state index in [4.69, 9.17) is 0 Å². The second kappa shape index (κ2) is 3.01. The van der Waals surface area contributed by atoms with E-state index in [9.17, 15) is 4.79 Å². The highest BCUT2D eigenvalue weighted by Gasteiger charge is 2.06. The maximum absolute atomic E-state index is 10.4. The van der Waals surface area contributed by atoms with Gasteiger partial charge < -0.3 is 4.79 Å². The van der Waals surface area contributed by atoms with Crippen LogP contribution in [0.4, 0.5) is 0 Å². The molecule has 0 atom stereocenters. The van der Waals surface area contributed by atoms with Crippen molar-refractivity contribution in [1.82, 2.24) is 9.61 Å². The van der Waals surface area contributed by atoms with Gasteiger partial charge in [-0.1, -0.05) is 6.07 Å². The Morgan fingerprint density at radius 3 is 3.15 bits per heavy atom. The average molecular weight is 174 g/mol. The van der Waals surface area contributed by atoms with Crippen LogP contribution < -0.4 is 0 Å². The monoisotopic (exact) mass is 174 g/mol. The van der Waals surface area contributed by atoms with Gasteiger partial charge in [-0.3, -0.25) is 0 Å². The molecule has 2 rings (SSSR count). The predicted octanol–water partition coefficient (Wildman–Crippen LogP) is 1.38. The molecule has 0 fully saturated rings. The van der Waals surface area contributed by atoms with Crippen molar-refractivity contribution in [2.75, 3.05) is 0 Å². The van der Waals surface area contributed by atoms with Crippen LogP contribution in [0.3, 0.4) is 0 Å². The first kappa shape index (κ1) is 7.98. The molecule has 0 saturated heterocycles. The highest BCUT2D eigenvalue weighted by molar-refractivity contribution is 5.65. The van der Waals surface area contributed by atoms with Crippen molar-refractivity contribution in [3.63, 3.8) is 0 Å². The van der Waals surface area contributed by atoms with Crippen LogP contribution in [-0.4, -0.2) is 15.9 Å². The van der Waals surface area contributed by atoms with Crippen molar-refractivity contribution in [1.29, 1.82) is 0 Å². The quantitative estimate of drug-likeness (QED) is 0.645. The lowest BCUT2D eigenvalue weighted by Gasteiger charge is -1.92. The fourth-order valence-corrected chi connectivity index (χ4v) is 1.50. The van der Waals surface area contributed by atoms with E-state index in [1.807, 2.05) is 31.3 Å². The number of rotatable bonds is 2. The van der Waals surface area contributed by atoms with E-state index in [1.54, 1.807) is 4.52 Å². The van der Waals surface area contributed by atoms with Crippen LogP contribution in [0.25, 0.3) is 5.52 Å². The summed E-state index contributed by atoms with van der Waals surface area (Å²) in [5, 5.41) is 4.29. The van der Waals surface area contributed by atoms with E-state index in [2.05, 4.69) is 5.10 Å². The second-order valence-electron chi connectivity index (χ2n) is 2.97. The minimum absolute atomic E-state index is 0.444. The lowest BCUT2D eigenvalue weighted by atomic mass is 10.1. The van der Waals surface area contributed by atoms with Crippen molar-refractivity contribution in [2.24, 2.45) is 0 Å². The zero-order valence-corrected chi connectivity index (χ0v) is 7.40. The third-order valence-corrected chi connectivity index (χ3v) is 2.13. The van der Waals surface area contributed by atoms with E-state index in [-0.39, 0.29) is 0 Å². The van der Waals surface area contributed by atoms with E-state index in [1.165, 1.54) is 0 Å². The highest BCUT2D eigenvalue weighted by Crippen LogP contribution is 2.14. The number of hydrogen-bond acceptors (Lipinski definition) is 2. The van der Waals surface area contributed by atoms with Crippen LogP contribution in [-0.2, 0) is 11.2 Å². The van der Waals surface area contributed by atoms with E-state index in [0.717, 1.165) is 23.1 Å². The Kier molecular flexibility index (Phi) is 1.85. The molecule has 0 N–H and O–H groups in total. The minimum atomic E-state index is 0.444. The fraction of sp³-hybridized carbons (Fsp3) is 0.200. The van der Waals surface area contributed by atoms with Gasteiger partial charge in [-0.15, -0.1) is 0 Å². The summed E-state index contributed by atoms with van der Waals surface area (Å²) in [5.74, 6) is 0. The molecule has 0 amide bonds. The molecule has 2 heterocycles. The Morgan fingerprint density at radius 2 is 2.38 bits per heavy atom. The smallest absolute Gasteiger partial charge is 0.124 e. The third-order valence-electron chi connectivity index (χ3n) is 2.13. The van der Waals surface area contributed by atoms with Crippen LogP contribution in [0.2, 0.25) is 0 Å². The van der Waals surface area contributed by atoms with Crippen LogP contribution in [0.15, 0.2) is 24.4 Å². The topological polar surface area (TPSA) is 34.4 Å². The van der Waals surface area contributed by atoms with Gasteiger partial charge in [-0.2, -0.15) is 5.10 Å². The number of aryl methyl sites for hydroxylation is 1. The predicted molar refractivity (Wildman–Crippen MR) is 49.7 cm³/mol. The van der Waals surface area contributed by atoms with Gasteiger partial charge in [0.25, 0.3) is 0 Å². The Bertz CT molecular complexity index is 445. The van der Waals surface area contributed by atoms with Gasteiger partial charge in [0.1, 0.15) is 6.29 Å². The Morgan fingerprint density at radius 1 is 1.54 bits per heavy atom. The molecule has 0 saturated carbocycles. The van der Waals surface area contributed by atoms with Crippen LogP contribution in [0, 0.1) is 6.92 Å². The number of hydrogen-bond donors (Lipinski definition) is 0. The Hall–Kier alpha value is -1.64. The maximum atomic E-state index is 10.4. The molecular weight excluding hydrogens is 164 g/mol. The molecule has 2 aromatic heterocycles. The average Bonchev–Trinajstić information content (AvgIpc) is 2.44. The zero-order chi connectivity index (χ0) is 9.26. The first-order valence-electron chi connectivity index (χ1n) is 4.19. The number of carbonyl (C=O) groups is 1. The number of fused-ring (bicyclic) bond motifs is 1. The lowest BCUT2D eigenvalue weighted by molar-refractivity contribution is -0.107. The summed E-state index contributed by atoms with van der Waals surface area (Å²) in [5.41, 5.74) is 2.97. The SMILES string of the molecule is Cc1nn2ccccc2c1CC=O. The van der Waals surface area contributed by atoms with Crippen molar-refractivity contribution in [3.05, 3.63) is 35.7 Å². The molecule has 2 aromatic rings. The van der Waals surface area contributed by atoms with E-state index < -0.39 is 0 Å². The summed E-state index contributed by atoms with van der Waals surface area (Å²) in [7, 11) is 0. The number of carbonyl (C=O) groups excluding carboxylic acids is 1.